The van der Waals surface area contributed by atoms with Crippen LogP contribution >= 0.6 is 11.6 Å². The third kappa shape index (κ3) is 2.56. The second kappa shape index (κ2) is 6.18. The van der Waals surface area contributed by atoms with Crippen LogP contribution < -0.4 is 0 Å². The lowest BCUT2D eigenvalue weighted by Gasteiger charge is -2.18. The Labute approximate surface area is 155 Å². The fourth-order valence-corrected chi connectivity index (χ4v) is 3.82. The minimum absolute atomic E-state index is 0.520. The van der Waals surface area contributed by atoms with Crippen LogP contribution in [0.25, 0.3) is 28.0 Å². The van der Waals surface area contributed by atoms with E-state index in [2.05, 4.69) is 27.4 Å². The Morgan fingerprint density at radius 1 is 0.923 bits per heavy atom. The highest BCUT2D eigenvalue weighted by Crippen LogP contribution is 2.30. The summed E-state index contributed by atoms with van der Waals surface area (Å²) in [5.74, 6) is 0.774. The zero-order chi connectivity index (χ0) is 17.5. The van der Waals surface area contributed by atoms with Gasteiger partial charge in [0.05, 0.1) is 17.4 Å². The Balaban J connectivity index is 1.58. The molecule has 5 nitrogen and oxygen atoms in total. The molecule has 3 aromatic heterocycles. The van der Waals surface area contributed by atoms with Crippen molar-refractivity contribution in [1.29, 1.82) is 0 Å². The summed E-state index contributed by atoms with van der Waals surface area (Å²) in [7, 11) is 0. The van der Waals surface area contributed by atoms with Gasteiger partial charge in [0.25, 0.3) is 0 Å². The largest absolute Gasteiger partial charge is 0.248 e. The Bertz CT molecular complexity index is 1120. The molecule has 0 saturated heterocycles. The topological polar surface area (TPSA) is 56.5 Å². The van der Waals surface area contributed by atoms with Gasteiger partial charge in [0.1, 0.15) is 0 Å². The fraction of sp³-hybridized carbons (Fsp3) is 0.200. The molecule has 4 aromatic rings. The molecular weight excluding hydrogens is 346 g/mol. The van der Waals surface area contributed by atoms with Gasteiger partial charge in [-0.2, -0.15) is 5.10 Å². The van der Waals surface area contributed by atoms with Crippen molar-refractivity contribution in [2.75, 3.05) is 0 Å². The van der Waals surface area contributed by atoms with Crippen LogP contribution in [-0.4, -0.2) is 25.0 Å². The molecular formula is C20H16ClN5. The summed E-state index contributed by atoms with van der Waals surface area (Å²) >= 11 is 6.24. The molecule has 1 aliphatic rings. The van der Waals surface area contributed by atoms with Crippen LogP contribution in [0.2, 0.25) is 5.15 Å². The maximum absolute atomic E-state index is 6.24. The zero-order valence-corrected chi connectivity index (χ0v) is 14.8. The van der Waals surface area contributed by atoms with E-state index in [1.54, 1.807) is 4.68 Å². The first-order chi connectivity index (χ1) is 12.8. The number of para-hydroxylation sites is 1. The average Bonchev–Trinajstić information content (AvgIpc) is 3.18. The third-order valence-electron chi connectivity index (χ3n) is 4.91. The van der Waals surface area contributed by atoms with E-state index in [1.165, 1.54) is 0 Å². The first-order valence-corrected chi connectivity index (χ1v) is 9.12. The van der Waals surface area contributed by atoms with E-state index in [0.717, 1.165) is 64.8 Å². The first-order valence-electron chi connectivity index (χ1n) is 8.75. The van der Waals surface area contributed by atoms with E-state index in [9.17, 15) is 0 Å². The average molecular weight is 362 g/mol. The van der Waals surface area contributed by atoms with Gasteiger partial charge >= 0.3 is 0 Å². The summed E-state index contributed by atoms with van der Waals surface area (Å²) in [5.41, 5.74) is 5.10. The molecule has 0 aliphatic heterocycles. The number of benzene rings is 1. The maximum Gasteiger partial charge on any atom is 0.179 e. The third-order valence-corrected chi connectivity index (χ3v) is 5.22. The predicted molar refractivity (Wildman–Crippen MR) is 102 cm³/mol. The summed E-state index contributed by atoms with van der Waals surface area (Å²) in [6.07, 6.45) is 7.98. The van der Waals surface area contributed by atoms with Gasteiger partial charge in [0, 0.05) is 22.7 Å². The molecule has 0 atom stereocenters. The van der Waals surface area contributed by atoms with Crippen molar-refractivity contribution in [3.8, 4) is 17.1 Å². The molecule has 0 spiro atoms. The number of fused-ring (bicyclic) bond motifs is 2. The predicted octanol–water partition coefficient (Wildman–Crippen LogP) is 4.41. The quantitative estimate of drug-likeness (QED) is 0.530. The Morgan fingerprint density at radius 3 is 2.69 bits per heavy atom. The van der Waals surface area contributed by atoms with E-state index in [-0.39, 0.29) is 0 Å². The van der Waals surface area contributed by atoms with Crippen molar-refractivity contribution in [3.05, 3.63) is 65.1 Å². The lowest BCUT2D eigenvalue weighted by atomic mass is 9.93. The maximum atomic E-state index is 6.24. The summed E-state index contributed by atoms with van der Waals surface area (Å²) in [4.78, 5) is 4.74. The fourth-order valence-electron chi connectivity index (χ4n) is 3.57. The van der Waals surface area contributed by atoms with Crippen LogP contribution in [0.5, 0.6) is 0 Å². The summed E-state index contributed by atoms with van der Waals surface area (Å²) in [5, 5.41) is 14.6. The van der Waals surface area contributed by atoms with Gasteiger partial charge in [-0.1, -0.05) is 35.9 Å². The molecule has 1 aromatic carbocycles. The molecule has 0 bridgehead atoms. The number of hydrogen-bond donors (Lipinski definition) is 0. The molecule has 6 heteroatoms. The molecule has 26 heavy (non-hydrogen) atoms. The highest BCUT2D eigenvalue weighted by molar-refractivity contribution is 6.30. The van der Waals surface area contributed by atoms with Crippen LogP contribution in [0.15, 0.2) is 48.8 Å². The number of pyridine rings is 1. The van der Waals surface area contributed by atoms with Crippen molar-refractivity contribution in [3.63, 3.8) is 0 Å². The van der Waals surface area contributed by atoms with E-state index in [0.29, 0.717) is 5.15 Å². The Kier molecular flexibility index (Phi) is 3.68. The summed E-state index contributed by atoms with van der Waals surface area (Å²) in [6, 6.07) is 12.2. The molecule has 1 aliphatic carbocycles. The molecule has 0 radical (unpaired) electrons. The molecule has 0 unspecified atom stereocenters. The first kappa shape index (κ1) is 15.5. The normalized spacial score (nSPS) is 13.7. The molecule has 0 saturated carbocycles. The number of rotatable bonds is 2. The van der Waals surface area contributed by atoms with Gasteiger partial charge in [-0.25, -0.2) is 9.67 Å². The molecule has 128 valence electrons. The molecule has 3 heterocycles. The summed E-state index contributed by atoms with van der Waals surface area (Å²) < 4.78 is 1.79. The van der Waals surface area contributed by atoms with Gasteiger partial charge in [0.2, 0.25) is 0 Å². The van der Waals surface area contributed by atoms with E-state index < -0.39 is 0 Å². The number of nitrogens with zero attached hydrogens (tertiary/aromatic N) is 5. The van der Waals surface area contributed by atoms with Crippen molar-refractivity contribution in [1.82, 2.24) is 25.0 Å². The molecule has 0 N–H and O–H groups in total. The monoisotopic (exact) mass is 361 g/mol. The number of hydrogen-bond acceptors (Lipinski definition) is 4. The molecule has 0 fully saturated rings. The van der Waals surface area contributed by atoms with Gasteiger partial charge in [-0.3, -0.25) is 0 Å². The van der Waals surface area contributed by atoms with Gasteiger partial charge in [0.15, 0.2) is 11.0 Å². The van der Waals surface area contributed by atoms with Crippen LogP contribution in [-0.2, 0) is 12.8 Å². The minimum atomic E-state index is 0.520. The molecule has 0 amide bonds. The zero-order valence-electron chi connectivity index (χ0n) is 14.1. The van der Waals surface area contributed by atoms with Gasteiger partial charge < -0.3 is 0 Å². The Morgan fingerprint density at radius 2 is 1.77 bits per heavy atom. The van der Waals surface area contributed by atoms with E-state index in [4.69, 9.17) is 16.6 Å². The summed E-state index contributed by atoms with van der Waals surface area (Å²) in [6.45, 7) is 0. The number of halogens is 1. The van der Waals surface area contributed by atoms with Crippen LogP contribution in [0.1, 0.15) is 24.0 Å². The van der Waals surface area contributed by atoms with Crippen LogP contribution in [0, 0.1) is 0 Å². The lowest BCUT2D eigenvalue weighted by molar-refractivity contribution is 0.658. The van der Waals surface area contributed by atoms with Gasteiger partial charge in [-0.05, 0) is 43.4 Å². The SMILES string of the molecule is Clc1nnc(-n2cc(-c3ccc4ccccc4n3)cn2)c2c1CCCC2. The van der Waals surface area contributed by atoms with Crippen molar-refractivity contribution in [2.24, 2.45) is 0 Å². The van der Waals surface area contributed by atoms with Crippen molar-refractivity contribution in [2.45, 2.75) is 25.7 Å². The van der Waals surface area contributed by atoms with Crippen LogP contribution in [0.3, 0.4) is 0 Å². The van der Waals surface area contributed by atoms with Gasteiger partial charge in [-0.15, -0.1) is 10.2 Å². The molecule has 5 rings (SSSR count). The number of aromatic nitrogens is 5. The second-order valence-electron chi connectivity index (χ2n) is 6.54. The van der Waals surface area contributed by atoms with E-state index >= 15 is 0 Å². The highest BCUT2D eigenvalue weighted by Gasteiger charge is 2.20. The van der Waals surface area contributed by atoms with Crippen LogP contribution in [0.4, 0.5) is 0 Å². The highest BCUT2D eigenvalue weighted by atomic mass is 35.5. The van der Waals surface area contributed by atoms with E-state index in [1.807, 2.05) is 36.7 Å². The van der Waals surface area contributed by atoms with Crippen molar-refractivity contribution < 1.29 is 0 Å². The smallest absolute Gasteiger partial charge is 0.179 e. The van der Waals surface area contributed by atoms with Crippen molar-refractivity contribution >= 4 is 22.5 Å². The standard InChI is InChI=1S/C20H16ClN5/c21-19-15-6-2-3-7-16(15)20(25-24-19)26-12-14(11-22-26)18-10-9-13-5-1-4-8-17(13)23-18/h1,4-5,8-12H,2-3,6-7H2. The lowest BCUT2D eigenvalue weighted by Crippen LogP contribution is -2.13. The second-order valence-corrected chi connectivity index (χ2v) is 6.90. The minimum Gasteiger partial charge on any atom is -0.248 e. The Hall–Kier alpha value is -2.79.